The smallest absolute Gasteiger partial charge is 0.239 e. The molecule has 0 unspecified atom stereocenters. The van der Waals surface area contributed by atoms with E-state index in [1.54, 1.807) is 42.7 Å². The van der Waals surface area contributed by atoms with Crippen LogP contribution in [0.5, 0.6) is 23.0 Å². The molecule has 0 spiro atoms. The van der Waals surface area contributed by atoms with Crippen molar-refractivity contribution < 1.29 is 23.5 Å². The number of aryl methyl sites for hydroxylation is 1. The molecule has 0 bridgehead atoms. The van der Waals surface area contributed by atoms with Crippen LogP contribution >= 0.6 is 12.2 Å². The van der Waals surface area contributed by atoms with E-state index < -0.39 is 0 Å². The molecular weight excluding hydrogens is 1000 g/mol. The number of nitrogens with one attached hydrogen (secondary N) is 4. The van der Waals surface area contributed by atoms with Crippen LogP contribution in [0.25, 0.3) is 11.0 Å². The standard InChI is InChI=1S/C30H35FN6O2.C19H25N5O2.C11H13NS/c1-30(2,3)20-8-10-23(31)24(16-20)33-29-34-25-17-21(9-11-26(25)36(29)4)39-22-12-13-32-27(18-22)35-28(38)19-37-14-6-5-7-15-37;1-21-17-6-5-14(11-16(17)20)26-15-7-8-22-18(12-15)23-19(25)13-24-9-3-2-4-10-24;1-11(2,3)9-5-4-6-10(7-9)12-8-13/h8-13,16-18H,5-7,14-15,19H2,1-4H3,(H,33,34)(H,32,35,38);5-8,11-12,21H,2-4,9-10,13,20H2,1H3,(H,22,23,25);4-7H,1-3H3. The van der Waals surface area contributed by atoms with Crippen molar-refractivity contribution in [3.05, 3.63) is 132 Å². The molecule has 2 aliphatic heterocycles. The third kappa shape index (κ3) is 17.1. The van der Waals surface area contributed by atoms with Crippen LogP contribution in [0.4, 0.5) is 44.7 Å². The number of amides is 2. The summed E-state index contributed by atoms with van der Waals surface area (Å²) in [4.78, 5) is 46.1. The predicted molar refractivity (Wildman–Crippen MR) is 316 cm³/mol. The number of hydrogen-bond acceptors (Lipinski definition) is 14. The van der Waals surface area contributed by atoms with Gasteiger partial charge in [0.05, 0.1) is 52.0 Å². The highest BCUT2D eigenvalue weighted by molar-refractivity contribution is 7.78. The van der Waals surface area contributed by atoms with Crippen LogP contribution in [-0.4, -0.2) is 92.6 Å². The summed E-state index contributed by atoms with van der Waals surface area (Å²) in [6.45, 7) is 17.4. The third-order valence-corrected chi connectivity index (χ3v) is 13.3. The minimum Gasteiger partial charge on any atom is -0.457 e. The molecule has 2 aliphatic rings. The van der Waals surface area contributed by atoms with Crippen molar-refractivity contribution in [2.24, 2.45) is 12.0 Å². The average molecular weight is 1080 g/mol. The zero-order valence-corrected chi connectivity index (χ0v) is 46.9. The average Bonchev–Trinajstić information content (AvgIpc) is 3.72. The minimum atomic E-state index is -0.337. The largest absolute Gasteiger partial charge is 0.457 e. The molecule has 2 amide bonds. The molecule has 0 saturated carbocycles. The fourth-order valence-corrected chi connectivity index (χ4v) is 8.96. The van der Waals surface area contributed by atoms with Gasteiger partial charge in [0.15, 0.2) is 0 Å². The molecule has 410 valence electrons. The molecule has 5 heterocycles. The third-order valence-electron chi connectivity index (χ3n) is 13.2. The van der Waals surface area contributed by atoms with E-state index in [1.807, 2.05) is 79.3 Å². The lowest BCUT2D eigenvalue weighted by molar-refractivity contribution is -0.118. The minimum absolute atomic E-state index is 0.0563. The van der Waals surface area contributed by atoms with Crippen molar-refractivity contribution in [2.75, 3.05) is 73.3 Å². The van der Waals surface area contributed by atoms with E-state index in [2.05, 4.69) is 116 Å². The lowest BCUT2D eigenvalue weighted by atomic mass is 9.87. The maximum atomic E-state index is 14.6. The number of fused-ring (bicyclic) bond motifs is 1. The number of piperidine rings is 2. The van der Waals surface area contributed by atoms with Gasteiger partial charge in [-0.15, -0.1) is 0 Å². The van der Waals surface area contributed by atoms with Crippen molar-refractivity contribution in [2.45, 2.75) is 90.9 Å². The number of pyridine rings is 2. The quantitative estimate of drug-likeness (QED) is 0.0393. The summed E-state index contributed by atoms with van der Waals surface area (Å²) in [5.74, 6) is 3.31. The number of carbonyl (C=O) groups excluding carboxylic acids is 2. The summed E-state index contributed by atoms with van der Waals surface area (Å²) < 4.78 is 28.4. The first kappa shape index (κ1) is 57.9. The molecule has 6 N–H and O–H groups in total. The molecule has 0 radical (unpaired) electrons. The number of halogens is 1. The van der Waals surface area contributed by atoms with Crippen molar-refractivity contribution >= 4 is 80.6 Å². The first-order valence-corrected chi connectivity index (χ1v) is 26.9. The number of nitrogens with zero attached hydrogens (tertiary/aromatic N) is 7. The lowest BCUT2D eigenvalue weighted by Crippen LogP contribution is -2.36. The van der Waals surface area contributed by atoms with Gasteiger partial charge in [0.2, 0.25) is 17.8 Å². The van der Waals surface area contributed by atoms with E-state index in [-0.39, 0.29) is 28.5 Å². The second kappa shape index (κ2) is 27.0. The number of benzene rings is 4. The first-order valence-electron chi connectivity index (χ1n) is 26.4. The molecule has 78 heavy (non-hydrogen) atoms. The number of aromatic nitrogens is 4. The molecule has 9 rings (SSSR count). The Morgan fingerprint density at radius 3 is 1.76 bits per heavy atom. The van der Waals surface area contributed by atoms with E-state index in [4.69, 9.17) is 15.2 Å². The van der Waals surface area contributed by atoms with Gasteiger partial charge in [-0.25, -0.2) is 19.3 Å². The van der Waals surface area contributed by atoms with Crippen LogP contribution in [0, 0.1) is 5.82 Å². The molecule has 18 heteroatoms. The number of ether oxygens (including phenoxy) is 2. The Kier molecular flexibility index (Phi) is 20.1. The molecule has 2 fully saturated rings. The fraction of sp³-hybridized carbons (Fsp3) is 0.367. The van der Waals surface area contributed by atoms with Gasteiger partial charge >= 0.3 is 0 Å². The Bertz CT molecular complexity index is 3210. The topological polar surface area (TPSA) is 189 Å². The molecular formula is C60H73FN12O4S. The van der Waals surface area contributed by atoms with Gasteiger partial charge in [-0.2, -0.15) is 4.99 Å². The number of nitrogen functional groups attached to an aromatic ring is 1. The number of isothiocyanates is 1. The number of carbonyl (C=O) groups is 2. The second-order valence-corrected chi connectivity index (χ2v) is 21.6. The monoisotopic (exact) mass is 1080 g/mol. The number of hydrogen-bond donors (Lipinski definition) is 5. The molecule has 4 aromatic carbocycles. The van der Waals surface area contributed by atoms with E-state index in [1.165, 1.54) is 24.5 Å². The molecule has 0 aliphatic carbocycles. The van der Waals surface area contributed by atoms with Gasteiger partial charge in [0.25, 0.3) is 0 Å². The van der Waals surface area contributed by atoms with Crippen molar-refractivity contribution in [3.8, 4) is 23.0 Å². The summed E-state index contributed by atoms with van der Waals surface area (Å²) in [5.41, 5.74) is 12.6. The highest BCUT2D eigenvalue weighted by Crippen LogP contribution is 2.33. The second-order valence-electron chi connectivity index (χ2n) is 21.4. The summed E-state index contributed by atoms with van der Waals surface area (Å²) in [5, 5.41) is 14.2. The Morgan fingerprint density at radius 2 is 1.22 bits per heavy atom. The maximum absolute atomic E-state index is 14.6. The summed E-state index contributed by atoms with van der Waals surface area (Å²) >= 11 is 4.55. The Balaban J connectivity index is 0.000000193. The molecule has 3 aromatic heterocycles. The maximum Gasteiger partial charge on any atom is 0.239 e. The lowest BCUT2D eigenvalue weighted by Gasteiger charge is -2.25. The van der Waals surface area contributed by atoms with E-state index in [0.29, 0.717) is 70.6 Å². The van der Waals surface area contributed by atoms with Crippen LogP contribution in [0.2, 0.25) is 0 Å². The Morgan fingerprint density at radius 1 is 0.679 bits per heavy atom. The van der Waals surface area contributed by atoms with Crippen LogP contribution in [-0.2, 0) is 27.5 Å². The molecule has 16 nitrogen and oxygen atoms in total. The van der Waals surface area contributed by atoms with Crippen LogP contribution < -0.4 is 36.5 Å². The highest BCUT2D eigenvalue weighted by atomic mass is 32.1. The van der Waals surface area contributed by atoms with E-state index in [0.717, 1.165) is 74.3 Å². The summed E-state index contributed by atoms with van der Waals surface area (Å²) in [7, 11) is 3.69. The zero-order chi connectivity index (χ0) is 55.8. The normalized spacial score (nSPS) is 13.9. The molecule has 7 aromatic rings. The predicted octanol–water partition coefficient (Wildman–Crippen LogP) is 13.0. The number of nitrogens with two attached hydrogens (primary N) is 1. The Hall–Kier alpha value is -7.76. The number of likely N-dealkylation sites (tertiary alicyclic amines) is 2. The van der Waals surface area contributed by atoms with Crippen molar-refractivity contribution in [1.29, 1.82) is 0 Å². The van der Waals surface area contributed by atoms with Crippen molar-refractivity contribution in [1.82, 2.24) is 29.3 Å². The first-order chi connectivity index (χ1) is 37.3. The summed E-state index contributed by atoms with van der Waals surface area (Å²) in [6.07, 6.45) is 10.3. The molecule has 2 saturated heterocycles. The van der Waals surface area contributed by atoms with Gasteiger partial charge in [-0.3, -0.25) is 19.4 Å². The highest BCUT2D eigenvalue weighted by Gasteiger charge is 2.20. The SMILES string of the molecule is CC(C)(C)c1cccc(N=C=S)c1.CNc1ccc(Oc2ccnc(NC(=O)CN3CCCCC3)c2)cc1N.Cn1c(Nc2cc(C(C)(C)C)ccc2F)nc2cc(Oc3ccnc(NC(=O)CN4CCCCC4)c3)ccc21. The zero-order valence-electron chi connectivity index (χ0n) is 46.1. The Labute approximate surface area is 463 Å². The van der Waals surface area contributed by atoms with Gasteiger partial charge in [-0.1, -0.05) is 72.6 Å². The number of aliphatic imine (C=N–C) groups is 1. The van der Waals surface area contributed by atoms with Gasteiger partial charge in [0.1, 0.15) is 40.5 Å². The van der Waals surface area contributed by atoms with Gasteiger partial charge in [0, 0.05) is 50.8 Å². The van der Waals surface area contributed by atoms with E-state index in [9.17, 15) is 14.0 Å². The van der Waals surface area contributed by atoms with E-state index >= 15 is 0 Å². The summed E-state index contributed by atoms with van der Waals surface area (Å²) in [6, 6.07) is 31.1. The number of rotatable bonds is 14. The fourth-order valence-electron chi connectivity index (χ4n) is 8.85. The van der Waals surface area contributed by atoms with Crippen LogP contribution in [0.3, 0.4) is 0 Å². The van der Waals surface area contributed by atoms with Gasteiger partial charge < -0.3 is 41.0 Å². The van der Waals surface area contributed by atoms with Crippen molar-refractivity contribution in [3.63, 3.8) is 0 Å². The number of imidazole rings is 1. The van der Waals surface area contributed by atoms with Crippen LogP contribution in [0.15, 0.2) is 121 Å². The van der Waals surface area contributed by atoms with Gasteiger partial charge in [-0.05, 0) is 147 Å². The van der Waals surface area contributed by atoms with Crippen LogP contribution in [0.1, 0.15) is 91.2 Å². The number of anilines is 6. The molecule has 0 atom stereocenters. The number of thiocarbonyl (C=S) groups is 1.